The summed E-state index contributed by atoms with van der Waals surface area (Å²) in [7, 11) is 0. The zero-order valence-electron chi connectivity index (χ0n) is 25.3. The number of rotatable bonds is 8. The topological polar surface area (TPSA) is 81.9 Å². The number of halogens is 3. The maximum atomic E-state index is 14.0. The fourth-order valence-electron chi connectivity index (χ4n) is 7.25. The second-order valence-electron chi connectivity index (χ2n) is 12.7. The Balaban J connectivity index is 0.973. The summed E-state index contributed by atoms with van der Waals surface area (Å²) in [6.45, 7) is 3.85. The molecule has 0 spiro atoms. The Morgan fingerprint density at radius 2 is 1.60 bits per heavy atom. The molecule has 3 saturated heterocycles. The number of hydrogen-bond acceptors (Lipinski definition) is 5. The molecule has 11 heteroatoms. The zero-order chi connectivity index (χ0) is 31.6. The Labute approximate surface area is 267 Å². The van der Waals surface area contributed by atoms with Crippen molar-refractivity contribution >= 4 is 29.1 Å². The van der Waals surface area contributed by atoms with Gasteiger partial charge in [0.25, 0.3) is 18.2 Å². The van der Waals surface area contributed by atoms with Gasteiger partial charge in [0.15, 0.2) is 0 Å². The van der Waals surface area contributed by atoms with Gasteiger partial charge < -0.3 is 24.4 Å². The Kier molecular flexibility index (Phi) is 9.42. The van der Waals surface area contributed by atoms with Crippen LogP contribution in [0.25, 0.3) is 0 Å². The Morgan fingerprint density at radius 1 is 0.933 bits per heavy atom. The molecule has 240 valence electrons. The highest BCUT2D eigenvalue weighted by atomic mass is 35.5. The van der Waals surface area contributed by atoms with Gasteiger partial charge in [-0.15, -0.1) is 0 Å². The lowest BCUT2D eigenvalue weighted by molar-refractivity contribution is -0.173. The van der Waals surface area contributed by atoms with Crippen LogP contribution >= 0.6 is 11.6 Å². The fourth-order valence-corrected chi connectivity index (χ4v) is 7.50. The molecule has 1 aromatic heterocycles. The van der Waals surface area contributed by atoms with Crippen molar-refractivity contribution in [3.8, 4) is 0 Å². The van der Waals surface area contributed by atoms with E-state index in [2.05, 4.69) is 14.5 Å². The number of carbonyl (C=O) groups excluding carboxylic acids is 2. The number of imidazole rings is 1. The Hall–Kier alpha value is -3.50. The minimum Gasteiger partial charge on any atom is -0.371 e. The van der Waals surface area contributed by atoms with Gasteiger partial charge in [-0.3, -0.25) is 9.59 Å². The number of anilines is 1. The van der Waals surface area contributed by atoms with Gasteiger partial charge in [-0.25, -0.2) is 13.8 Å². The van der Waals surface area contributed by atoms with Crippen molar-refractivity contribution in [3.63, 3.8) is 0 Å². The van der Waals surface area contributed by atoms with Gasteiger partial charge in [0.2, 0.25) is 5.60 Å². The van der Waals surface area contributed by atoms with Gasteiger partial charge in [-0.1, -0.05) is 41.9 Å². The van der Waals surface area contributed by atoms with Crippen LogP contribution in [0.5, 0.6) is 0 Å². The first-order chi connectivity index (χ1) is 21.7. The lowest BCUT2D eigenvalue weighted by Gasteiger charge is -2.39. The number of benzene rings is 2. The average Bonchev–Trinajstić information content (AvgIpc) is 3.78. The second kappa shape index (κ2) is 13.5. The highest BCUT2D eigenvalue weighted by Gasteiger charge is 2.49. The lowest BCUT2D eigenvalue weighted by Crippen LogP contribution is -2.53. The zero-order valence-corrected chi connectivity index (χ0v) is 26.0. The van der Waals surface area contributed by atoms with Crippen molar-refractivity contribution in [3.05, 3.63) is 83.4 Å². The molecule has 2 aromatic carbocycles. The number of aromatic nitrogens is 2. The van der Waals surface area contributed by atoms with Gasteiger partial charge in [-0.2, -0.15) is 0 Å². The third-order valence-electron chi connectivity index (χ3n) is 9.98. The van der Waals surface area contributed by atoms with Gasteiger partial charge in [-0.05, 0) is 74.1 Å². The van der Waals surface area contributed by atoms with Crippen LogP contribution in [-0.4, -0.2) is 82.0 Å². The molecule has 2 atom stereocenters. The maximum Gasteiger partial charge on any atom is 0.280 e. The first-order valence-corrected chi connectivity index (χ1v) is 16.3. The highest BCUT2D eigenvalue weighted by Crippen LogP contribution is 2.36. The van der Waals surface area contributed by atoms with E-state index in [1.165, 1.54) is 17.0 Å². The third-order valence-corrected chi connectivity index (χ3v) is 10.3. The first-order valence-electron chi connectivity index (χ1n) is 15.9. The average molecular weight is 640 g/mol. The monoisotopic (exact) mass is 639 g/mol. The second-order valence-corrected chi connectivity index (χ2v) is 13.1. The molecule has 0 aliphatic carbocycles. The van der Waals surface area contributed by atoms with Crippen LogP contribution in [-0.2, 0) is 10.4 Å². The summed E-state index contributed by atoms with van der Waals surface area (Å²) in [6, 6.07) is 13.5. The first kappa shape index (κ1) is 31.5. The molecule has 45 heavy (non-hydrogen) atoms. The van der Waals surface area contributed by atoms with Crippen LogP contribution in [0.3, 0.4) is 0 Å². The molecule has 3 aliphatic heterocycles. The predicted molar refractivity (Wildman–Crippen MR) is 168 cm³/mol. The summed E-state index contributed by atoms with van der Waals surface area (Å²) in [5, 5.41) is 11.3. The standard InChI is InChI=1S/C34H40ClF2N5O3/c35-30-21-27(6-7-29(30)31(43)41-18-12-28(22-41)42-19-13-38-23-42)39-14-8-24(9-15-39)20-25-10-16-40(17-11-25)33(44)34(45,32(36)37)26-4-2-1-3-5-26/h1-7,13,19,21,23-25,28,32,45H,8-12,14-18,20,22H2. The van der Waals surface area contributed by atoms with Crippen molar-refractivity contribution < 1.29 is 23.5 Å². The minimum atomic E-state index is -3.21. The van der Waals surface area contributed by atoms with Crippen LogP contribution in [0.2, 0.25) is 5.02 Å². The number of likely N-dealkylation sites (tertiary alicyclic amines) is 2. The molecule has 0 bridgehead atoms. The van der Waals surface area contributed by atoms with Crippen LogP contribution in [0, 0.1) is 11.8 Å². The van der Waals surface area contributed by atoms with Crippen molar-refractivity contribution in [1.29, 1.82) is 0 Å². The van der Waals surface area contributed by atoms with E-state index in [4.69, 9.17) is 11.6 Å². The molecule has 4 heterocycles. The molecule has 8 nitrogen and oxygen atoms in total. The van der Waals surface area contributed by atoms with Gasteiger partial charge in [0, 0.05) is 57.3 Å². The van der Waals surface area contributed by atoms with E-state index in [-0.39, 0.29) is 17.5 Å². The van der Waals surface area contributed by atoms with Crippen molar-refractivity contribution in [2.75, 3.05) is 44.2 Å². The molecule has 3 aliphatic rings. The molecule has 1 N–H and O–H groups in total. The minimum absolute atomic E-state index is 0.0421. The SMILES string of the molecule is O=C(c1ccc(N2CCC(CC3CCN(C(=O)C(O)(c4ccccc4)C(F)F)CC3)CC2)cc1Cl)N1CCC(n2ccnc2)C1. The number of hydrogen-bond donors (Lipinski definition) is 1. The summed E-state index contributed by atoms with van der Waals surface area (Å²) in [5.41, 5.74) is -1.35. The van der Waals surface area contributed by atoms with E-state index in [1.54, 1.807) is 30.7 Å². The molecule has 3 fully saturated rings. The highest BCUT2D eigenvalue weighted by molar-refractivity contribution is 6.34. The van der Waals surface area contributed by atoms with E-state index in [0.29, 0.717) is 48.6 Å². The van der Waals surface area contributed by atoms with E-state index in [9.17, 15) is 23.5 Å². The fraction of sp³-hybridized carbons (Fsp3) is 0.500. The smallest absolute Gasteiger partial charge is 0.280 e. The number of nitrogens with zero attached hydrogens (tertiary/aromatic N) is 5. The molecular formula is C34H40ClF2N5O3. The summed E-state index contributed by atoms with van der Waals surface area (Å²) in [5.74, 6) is 0.00642. The summed E-state index contributed by atoms with van der Waals surface area (Å²) < 4.78 is 30.0. The predicted octanol–water partition coefficient (Wildman–Crippen LogP) is 5.62. The molecule has 0 radical (unpaired) electrons. The van der Waals surface area contributed by atoms with E-state index in [0.717, 1.165) is 57.3 Å². The third kappa shape index (κ3) is 6.58. The number of aliphatic hydroxyl groups is 1. The van der Waals surface area contributed by atoms with Crippen molar-refractivity contribution in [2.45, 2.75) is 56.6 Å². The maximum absolute atomic E-state index is 14.0. The van der Waals surface area contributed by atoms with Gasteiger partial charge in [0.05, 0.1) is 23.0 Å². The van der Waals surface area contributed by atoms with Gasteiger partial charge in [0.1, 0.15) is 0 Å². The quantitative estimate of drug-likeness (QED) is 0.346. The van der Waals surface area contributed by atoms with Crippen molar-refractivity contribution in [2.24, 2.45) is 11.8 Å². The lowest BCUT2D eigenvalue weighted by atomic mass is 9.82. The molecule has 3 aromatic rings. The van der Waals surface area contributed by atoms with E-state index in [1.807, 2.05) is 29.3 Å². The number of piperidine rings is 2. The number of carbonyl (C=O) groups is 2. The van der Waals surface area contributed by atoms with Crippen LogP contribution in [0.15, 0.2) is 67.3 Å². The summed E-state index contributed by atoms with van der Waals surface area (Å²) in [6.07, 6.45) is 7.73. The summed E-state index contributed by atoms with van der Waals surface area (Å²) in [4.78, 5) is 36.0. The number of amides is 2. The summed E-state index contributed by atoms with van der Waals surface area (Å²) >= 11 is 6.65. The normalized spacial score (nSPS) is 21.4. The molecule has 0 saturated carbocycles. The van der Waals surface area contributed by atoms with Crippen LogP contribution < -0.4 is 4.90 Å². The number of alkyl halides is 2. The van der Waals surface area contributed by atoms with E-state index < -0.39 is 17.9 Å². The molecular weight excluding hydrogens is 600 g/mol. The van der Waals surface area contributed by atoms with E-state index >= 15 is 0 Å². The van der Waals surface area contributed by atoms with Crippen LogP contribution in [0.1, 0.15) is 60.5 Å². The molecule has 2 amide bonds. The molecule has 2 unspecified atom stereocenters. The Bertz CT molecular complexity index is 1460. The largest absolute Gasteiger partial charge is 0.371 e. The Morgan fingerprint density at radius 3 is 2.22 bits per heavy atom. The van der Waals surface area contributed by atoms with Crippen molar-refractivity contribution in [1.82, 2.24) is 19.4 Å². The molecule has 6 rings (SSSR count). The van der Waals surface area contributed by atoms with Crippen LogP contribution in [0.4, 0.5) is 14.5 Å². The van der Waals surface area contributed by atoms with Gasteiger partial charge >= 0.3 is 0 Å².